The molecule has 1 aliphatic rings. The zero-order valence-electron chi connectivity index (χ0n) is 11.3. The SMILES string of the molecule is CC1(NCC(C(=O)O)c2ccccc2)CCCOC1. The molecule has 1 saturated heterocycles. The summed E-state index contributed by atoms with van der Waals surface area (Å²) in [5.41, 5.74) is 0.726. The zero-order valence-corrected chi connectivity index (χ0v) is 11.3. The molecule has 1 aromatic carbocycles. The van der Waals surface area contributed by atoms with Crippen molar-refractivity contribution < 1.29 is 14.6 Å². The first kappa shape index (κ1) is 14.0. The van der Waals surface area contributed by atoms with Crippen LogP contribution in [0.2, 0.25) is 0 Å². The number of benzene rings is 1. The fourth-order valence-corrected chi connectivity index (χ4v) is 2.45. The van der Waals surface area contributed by atoms with Gasteiger partial charge in [0, 0.05) is 18.7 Å². The van der Waals surface area contributed by atoms with Crippen molar-refractivity contribution in [2.75, 3.05) is 19.8 Å². The van der Waals surface area contributed by atoms with Crippen molar-refractivity contribution in [3.05, 3.63) is 35.9 Å². The molecule has 4 nitrogen and oxygen atoms in total. The van der Waals surface area contributed by atoms with Crippen LogP contribution in [0.1, 0.15) is 31.2 Å². The van der Waals surface area contributed by atoms with Crippen LogP contribution in [0.5, 0.6) is 0 Å². The first-order valence-electron chi connectivity index (χ1n) is 6.71. The quantitative estimate of drug-likeness (QED) is 0.853. The minimum atomic E-state index is -0.793. The van der Waals surface area contributed by atoms with Gasteiger partial charge in [-0.3, -0.25) is 4.79 Å². The largest absolute Gasteiger partial charge is 0.481 e. The highest BCUT2D eigenvalue weighted by molar-refractivity contribution is 5.76. The highest BCUT2D eigenvalue weighted by atomic mass is 16.5. The molecule has 2 unspecified atom stereocenters. The van der Waals surface area contributed by atoms with E-state index in [4.69, 9.17) is 4.74 Å². The van der Waals surface area contributed by atoms with Crippen LogP contribution in [0.15, 0.2) is 30.3 Å². The maximum absolute atomic E-state index is 11.4. The van der Waals surface area contributed by atoms with Gasteiger partial charge >= 0.3 is 5.97 Å². The molecule has 4 heteroatoms. The molecule has 0 aromatic heterocycles. The van der Waals surface area contributed by atoms with E-state index in [2.05, 4.69) is 12.2 Å². The van der Waals surface area contributed by atoms with Crippen molar-refractivity contribution in [1.82, 2.24) is 5.32 Å². The summed E-state index contributed by atoms with van der Waals surface area (Å²) >= 11 is 0. The van der Waals surface area contributed by atoms with Crippen LogP contribution in [-0.2, 0) is 9.53 Å². The lowest BCUT2D eigenvalue weighted by Gasteiger charge is -2.35. The van der Waals surface area contributed by atoms with E-state index in [1.54, 1.807) is 0 Å². The van der Waals surface area contributed by atoms with Crippen molar-refractivity contribution in [3.63, 3.8) is 0 Å². The molecule has 0 amide bonds. The summed E-state index contributed by atoms with van der Waals surface area (Å²) in [6, 6.07) is 9.36. The summed E-state index contributed by atoms with van der Waals surface area (Å²) in [5, 5.41) is 12.7. The summed E-state index contributed by atoms with van der Waals surface area (Å²) in [6.45, 7) is 3.97. The smallest absolute Gasteiger partial charge is 0.312 e. The van der Waals surface area contributed by atoms with Crippen LogP contribution >= 0.6 is 0 Å². The van der Waals surface area contributed by atoms with Gasteiger partial charge in [0.2, 0.25) is 0 Å². The number of rotatable bonds is 5. The minimum absolute atomic E-state index is 0.110. The standard InChI is InChI=1S/C15H21NO3/c1-15(8-5-9-19-11-15)16-10-13(14(17)18)12-6-3-2-4-7-12/h2-4,6-7,13,16H,5,8-11H2,1H3,(H,17,18). The lowest BCUT2D eigenvalue weighted by Crippen LogP contribution is -2.50. The van der Waals surface area contributed by atoms with Crippen LogP contribution < -0.4 is 5.32 Å². The highest BCUT2D eigenvalue weighted by Crippen LogP contribution is 2.21. The van der Waals surface area contributed by atoms with E-state index in [-0.39, 0.29) is 5.54 Å². The van der Waals surface area contributed by atoms with Crippen LogP contribution in [0.4, 0.5) is 0 Å². The first-order valence-corrected chi connectivity index (χ1v) is 6.71. The predicted molar refractivity (Wildman–Crippen MR) is 73.3 cm³/mol. The normalized spacial score (nSPS) is 24.9. The van der Waals surface area contributed by atoms with Crippen LogP contribution in [-0.4, -0.2) is 36.4 Å². The van der Waals surface area contributed by atoms with E-state index in [0.29, 0.717) is 13.2 Å². The van der Waals surface area contributed by atoms with E-state index < -0.39 is 11.9 Å². The molecule has 2 N–H and O–H groups in total. The van der Waals surface area contributed by atoms with Crippen molar-refractivity contribution in [2.45, 2.75) is 31.2 Å². The molecule has 0 bridgehead atoms. The average Bonchev–Trinajstić information content (AvgIpc) is 2.40. The summed E-state index contributed by atoms with van der Waals surface area (Å²) in [7, 11) is 0. The van der Waals surface area contributed by atoms with E-state index in [0.717, 1.165) is 25.0 Å². The maximum atomic E-state index is 11.4. The number of carbonyl (C=O) groups is 1. The molecule has 0 saturated carbocycles. The monoisotopic (exact) mass is 263 g/mol. The van der Waals surface area contributed by atoms with E-state index in [1.807, 2.05) is 30.3 Å². The molecule has 1 aliphatic heterocycles. The number of hydrogen-bond donors (Lipinski definition) is 2. The third kappa shape index (κ3) is 3.78. The summed E-state index contributed by atoms with van der Waals surface area (Å²) < 4.78 is 5.47. The maximum Gasteiger partial charge on any atom is 0.312 e. The van der Waals surface area contributed by atoms with Crippen molar-refractivity contribution >= 4 is 5.97 Å². The molecule has 1 aromatic rings. The molecule has 0 aliphatic carbocycles. The zero-order chi connectivity index (χ0) is 13.7. The predicted octanol–water partition coefficient (Wildman–Crippen LogP) is 2.01. The van der Waals surface area contributed by atoms with Gasteiger partial charge in [0.25, 0.3) is 0 Å². The van der Waals surface area contributed by atoms with Gasteiger partial charge in [0.05, 0.1) is 12.5 Å². The number of hydrogen-bond acceptors (Lipinski definition) is 3. The Morgan fingerprint density at radius 2 is 2.21 bits per heavy atom. The lowest BCUT2D eigenvalue weighted by atomic mass is 9.92. The average molecular weight is 263 g/mol. The first-order chi connectivity index (χ1) is 9.11. The number of ether oxygens (including phenoxy) is 1. The summed E-state index contributed by atoms with van der Waals surface area (Å²) in [6.07, 6.45) is 2.04. The second-order valence-corrected chi connectivity index (χ2v) is 5.40. The Morgan fingerprint density at radius 1 is 1.47 bits per heavy atom. The fraction of sp³-hybridized carbons (Fsp3) is 0.533. The fourth-order valence-electron chi connectivity index (χ4n) is 2.45. The summed E-state index contributed by atoms with van der Waals surface area (Å²) in [5.74, 6) is -1.31. The second kappa shape index (κ2) is 6.17. The Balaban J connectivity index is 2.00. The number of carboxylic acids is 1. The molecular formula is C15H21NO3. The van der Waals surface area contributed by atoms with Crippen LogP contribution in [0.3, 0.4) is 0 Å². The second-order valence-electron chi connectivity index (χ2n) is 5.40. The van der Waals surface area contributed by atoms with Crippen molar-refractivity contribution in [3.8, 4) is 0 Å². The number of carboxylic acid groups (broad SMARTS) is 1. The Kier molecular flexibility index (Phi) is 4.56. The van der Waals surface area contributed by atoms with Crippen LogP contribution in [0, 0.1) is 0 Å². The molecule has 104 valence electrons. The van der Waals surface area contributed by atoms with E-state index in [1.165, 1.54) is 0 Å². The molecule has 2 atom stereocenters. The Labute approximate surface area is 113 Å². The lowest BCUT2D eigenvalue weighted by molar-refractivity contribution is -0.138. The van der Waals surface area contributed by atoms with Gasteiger partial charge in [-0.05, 0) is 25.3 Å². The third-order valence-corrected chi connectivity index (χ3v) is 3.67. The minimum Gasteiger partial charge on any atom is -0.481 e. The van der Waals surface area contributed by atoms with Crippen molar-refractivity contribution in [2.24, 2.45) is 0 Å². The molecular weight excluding hydrogens is 242 g/mol. The molecule has 0 spiro atoms. The van der Waals surface area contributed by atoms with Crippen LogP contribution in [0.25, 0.3) is 0 Å². The van der Waals surface area contributed by atoms with Gasteiger partial charge in [-0.2, -0.15) is 0 Å². The Hall–Kier alpha value is -1.39. The number of nitrogens with one attached hydrogen (secondary N) is 1. The van der Waals surface area contributed by atoms with Crippen molar-refractivity contribution in [1.29, 1.82) is 0 Å². The van der Waals surface area contributed by atoms with Gasteiger partial charge < -0.3 is 15.2 Å². The molecule has 1 fully saturated rings. The molecule has 2 rings (SSSR count). The van der Waals surface area contributed by atoms with Gasteiger partial charge in [-0.15, -0.1) is 0 Å². The van der Waals surface area contributed by atoms with Gasteiger partial charge in [-0.25, -0.2) is 0 Å². The van der Waals surface area contributed by atoms with Gasteiger partial charge in [0.1, 0.15) is 0 Å². The number of aliphatic carboxylic acids is 1. The third-order valence-electron chi connectivity index (χ3n) is 3.67. The summed E-state index contributed by atoms with van der Waals surface area (Å²) in [4.78, 5) is 11.4. The van der Waals surface area contributed by atoms with Gasteiger partial charge in [0.15, 0.2) is 0 Å². The highest BCUT2D eigenvalue weighted by Gasteiger charge is 2.29. The van der Waals surface area contributed by atoms with E-state index >= 15 is 0 Å². The molecule has 0 radical (unpaired) electrons. The van der Waals surface area contributed by atoms with Gasteiger partial charge in [-0.1, -0.05) is 30.3 Å². The Bertz CT molecular complexity index is 413. The molecule has 1 heterocycles. The topological polar surface area (TPSA) is 58.6 Å². The Morgan fingerprint density at radius 3 is 2.79 bits per heavy atom. The molecule has 19 heavy (non-hydrogen) atoms. The van der Waals surface area contributed by atoms with E-state index in [9.17, 15) is 9.90 Å².